The molecule has 3 aromatic rings. The van der Waals surface area contributed by atoms with Gasteiger partial charge in [-0.2, -0.15) is 0 Å². The Labute approximate surface area is 160 Å². The molecule has 0 saturated carbocycles. The summed E-state index contributed by atoms with van der Waals surface area (Å²) in [6, 6.07) is 9.29. The van der Waals surface area contributed by atoms with Gasteiger partial charge >= 0.3 is 0 Å². The van der Waals surface area contributed by atoms with E-state index in [9.17, 15) is 9.59 Å². The van der Waals surface area contributed by atoms with Crippen molar-refractivity contribution in [3.8, 4) is 11.5 Å². The smallest absolute Gasteiger partial charge is 0.263 e. The Morgan fingerprint density at radius 3 is 2.70 bits per heavy atom. The van der Waals surface area contributed by atoms with E-state index in [1.54, 1.807) is 12.4 Å². The third kappa shape index (κ3) is 3.90. The number of nitrogens with zero attached hydrogens (tertiary/aromatic N) is 3. The van der Waals surface area contributed by atoms with Crippen LogP contribution in [0.25, 0.3) is 11.5 Å². The Morgan fingerprint density at radius 1 is 1.15 bits per heavy atom. The molecule has 2 amide bonds. The fourth-order valence-electron chi connectivity index (χ4n) is 3.15. The van der Waals surface area contributed by atoms with Crippen molar-refractivity contribution in [2.24, 2.45) is 5.92 Å². The lowest BCUT2D eigenvalue weighted by Crippen LogP contribution is -2.41. The highest BCUT2D eigenvalue weighted by molar-refractivity contribution is 7.12. The van der Waals surface area contributed by atoms with E-state index < -0.39 is 0 Å². The summed E-state index contributed by atoms with van der Waals surface area (Å²) < 4.78 is 0. The van der Waals surface area contributed by atoms with Gasteiger partial charge < -0.3 is 15.2 Å². The van der Waals surface area contributed by atoms with Crippen molar-refractivity contribution in [3.05, 3.63) is 53.0 Å². The van der Waals surface area contributed by atoms with Crippen LogP contribution < -0.4 is 5.32 Å². The molecule has 27 heavy (non-hydrogen) atoms. The molecule has 0 unspecified atom stereocenters. The van der Waals surface area contributed by atoms with Gasteiger partial charge in [-0.25, -0.2) is 4.98 Å². The normalized spacial score (nSPS) is 14.9. The first kappa shape index (κ1) is 17.4. The number of likely N-dealkylation sites (tertiary alicyclic amines) is 1. The average molecular weight is 381 g/mol. The van der Waals surface area contributed by atoms with Gasteiger partial charge in [-0.15, -0.1) is 11.3 Å². The summed E-state index contributed by atoms with van der Waals surface area (Å²) in [6.45, 7) is 1.19. The van der Waals surface area contributed by atoms with Gasteiger partial charge in [0.15, 0.2) is 5.82 Å². The Morgan fingerprint density at radius 2 is 2.00 bits per heavy atom. The Hall–Kier alpha value is -3.00. The molecule has 3 aromatic heterocycles. The Kier molecular flexibility index (Phi) is 4.97. The predicted molar refractivity (Wildman–Crippen MR) is 103 cm³/mol. The fraction of sp³-hybridized carbons (Fsp3) is 0.263. The highest BCUT2D eigenvalue weighted by atomic mass is 32.1. The lowest BCUT2D eigenvalue weighted by atomic mass is 9.96. The maximum absolute atomic E-state index is 12.5. The average Bonchev–Trinajstić information content (AvgIpc) is 3.40. The van der Waals surface area contributed by atoms with Crippen LogP contribution in [0.1, 0.15) is 22.5 Å². The van der Waals surface area contributed by atoms with E-state index in [0.717, 1.165) is 10.6 Å². The van der Waals surface area contributed by atoms with Crippen LogP contribution in [-0.4, -0.2) is 44.8 Å². The number of nitrogens with one attached hydrogen (secondary N) is 2. The molecule has 1 aliphatic heterocycles. The number of hydrogen-bond donors (Lipinski definition) is 2. The molecule has 0 atom stereocenters. The molecular formula is C19H19N5O2S. The SMILES string of the molecule is O=C(Nc1cnc(-c2ccccn2)[nH]1)C1CCN(C(=O)c2cccs2)CC1. The molecule has 0 aromatic carbocycles. The number of anilines is 1. The van der Waals surface area contributed by atoms with Crippen molar-refractivity contribution < 1.29 is 9.59 Å². The second kappa shape index (κ2) is 7.71. The van der Waals surface area contributed by atoms with Gasteiger partial charge in [0.25, 0.3) is 5.91 Å². The highest BCUT2D eigenvalue weighted by Gasteiger charge is 2.28. The van der Waals surface area contributed by atoms with Crippen molar-refractivity contribution in [2.45, 2.75) is 12.8 Å². The number of amides is 2. The van der Waals surface area contributed by atoms with Crippen molar-refractivity contribution in [2.75, 3.05) is 18.4 Å². The molecule has 7 nitrogen and oxygen atoms in total. The lowest BCUT2D eigenvalue weighted by Gasteiger charge is -2.30. The molecule has 1 saturated heterocycles. The number of thiophene rings is 1. The van der Waals surface area contributed by atoms with Gasteiger partial charge in [-0.1, -0.05) is 12.1 Å². The summed E-state index contributed by atoms with van der Waals surface area (Å²) in [5, 5.41) is 4.79. The van der Waals surface area contributed by atoms with Crippen LogP contribution in [0.5, 0.6) is 0 Å². The van der Waals surface area contributed by atoms with Gasteiger partial charge in [0.2, 0.25) is 5.91 Å². The molecule has 0 bridgehead atoms. The van der Waals surface area contributed by atoms with Gasteiger partial charge in [0.1, 0.15) is 11.5 Å². The molecule has 4 rings (SSSR count). The second-order valence-corrected chi connectivity index (χ2v) is 7.34. The number of rotatable bonds is 4. The quantitative estimate of drug-likeness (QED) is 0.727. The van der Waals surface area contributed by atoms with Crippen molar-refractivity contribution in [1.29, 1.82) is 0 Å². The maximum Gasteiger partial charge on any atom is 0.263 e. The molecule has 138 valence electrons. The van der Waals surface area contributed by atoms with Gasteiger partial charge in [-0.3, -0.25) is 14.6 Å². The molecule has 4 heterocycles. The first-order valence-electron chi connectivity index (χ1n) is 8.81. The van der Waals surface area contributed by atoms with E-state index in [1.165, 1.54) is 11.3 Å². The van der Waals surface area contributed by atoms with Crippen LogP contribution in [0.2, 0.25) is 0 Å². The second-order valence-electron chi connectivity index (χ2n) is 6.39. The molecule has 1 fully saturated rings. The molecule has 8 heteroatoms. The molecule has 2 N–H and O–H groups in total. The minimum Gasteiger partial charge on any atom is -0.338 e. The number of hydrogen-bond acceptors (Lipinski definition) is 5. The summed E-state index contributed by atoms with van der Waals surface area (Å²) in [5.74, 6) is 1.06. The van der Waals surface area contributed by atoms with Gasteiger partial charge in [0.05, 0.1) is 11.1 Å². The number of imidazole rings is 1. The third-order valence-electron chi connectivity index (χ3n) is 4.63. The molecule has 0 radical (unpaired) electrons. The monoisotopic (exact) mass is 381 g/mol. The molecular weight excluding hydrogens is 362 g/mol. The summed E-state index contributed by atoms with van der Waals surface area (Å²) in [4.78, 5) is 39.1. The molecule has 0 spiro atoms. The summed E-state index contributed by atoms with van der Waals surface area (Å²) in [5.41, 5.74) is 0.721. The van der Waals surface area contributed by atoms with Crippen LogP contribution in [0.3, 0.4) is 0 Å². The number of aromatic amines is 1. The number of piperidine rings is 1. The number of H-pyrrole nitrogens is 1. The standard InChI is InChI=1S/C19H19N5O2S/c25-18(23-16-12-21-17(22-16)14-4-1-2-8-20-14)13-6-9-24(10-7-13)19(26)15-5-3-11-27-15/h1-5,8,11-13H,6-7,9-10H2,(H,21,22)(H,23,25). The molecule has 1 aliphatic rings. The van der Waals surface area contributed by atoms with E-state index in [4.69, 9.17) is 0 Å². The van der Waals surface area contributed by atoms with E-state index in [0.29, 0.717) is 37.6 Å². The predicted octanol–water partition coefficient (Wildman–Crippen LogP) is 3.02. The van der Waals surface area contributed by atoms with Crippen LogP contribution in [0, 0.1) is 5.92 Å². The van der Waals surface area contributed by atoms with Gasteiger partial charge in [-0.05, 0) is 36.4 Å². The maximum atomic E-state index is 12.5. The van der Waals surface area contributed by atoms with E-state index in [1.807, 2.05) is 40.6 Å². The Balaban J connectivity index is 1.32. The summed E-state index contributed by atoms with van der Waals surface area (Å²) in [7, 11) is 0. The zero-order chi connectivity index (χ0) is 18.6. The van der Waals surface area contributed by atoms with E-state index >= 15 is 0 Å². The Bertz CT molecular complexity index is 915. The first-order chi connectivity index (χ1) is 13.2. The minimum atomic E-state index is -0.112. The minimum absolute atomic E-state index is 0.0468. The topological polar surface area (TPSA) is 91.0 Å². The number of carbonyl (C=O) groups is 2. The van der Waals surface area contributed by atoms with Gasteiger partial charge in [0, 0.05) is 25.2 Å². The lowest BCUT2D eigenvalue weighted by molar-refractivity contribution is -0.121. The number of pyridine rings is 1. The first-order valence-corrected chi connectivity index (χ1v) is 9.69. The third-order valence-corrected chi connectivity index (χ3v) is 5.48. The van der Waals surface area contributed by atoms with E-state index in [2.05, 4.69) is 20.3 Å². The largest absolute Gasteiger partial charge is 0.338 e. The highest BCUT2D eigenvalue weighted by Crippen LogP contribution is 2.22. The van der Waals surface area contributed by atoms with Crippen LogP contribution in [-0.2, 0) is 4.79 Å². The number of carbonyl (C=O) groups excluding carboxylic acids is 2. The van der Waals surface area contributed by atoms with Crippen molar-refractivity contribution >= 4 is 29.0 Å². The fourth-order valence-corrected chi connectivity index (χ4v) is 3.84. The van der Waals surface area contributed by atoms with Crippen LogP contribution >= 0.6 is 11.3 Å². The van der Waals surface area contributed by atoms with Crippen LogP contribution in [0.15, 0.2) is 48.1 Å². The number of aromatic nitrogens is 3. The summed E-state index contributed by atoms with van der Waals surface area (Å²) in [6.07, 6.45) is 4.60. The van der Waals surface area contributed by atoms with Crippen LogP contribution in [0.4, 0.5) is 5.82 Å². The zero-order valence-electron chi connectivity index (χ0n) is 14.6. The van der Waals surface area contributed by atoms with Crippen molar-refractivity contribution in [1.82, 2.24) is 19.9 Å². The van der Waals surface area contributed by atoms with E-state index in [-0.39, 0.29) is 17.7 Å². The van der Waals surface area contributed by atoms with Crippen molar-refractivity contribution in [3.63, 3.8) is 0 Å². The summed E-state index contributed by atoms with van der Waals surface area (Å²) >= 11 is 1.45. The zero-order valence-corrected chi connectivity index (χ0v) is 15.4. The molecule has 0 aliphatic carbocycles.